The molecule has 0 aliphatic carbocycles. The first-order chi connectivity index (χ1) is 11.9. The second kappa shape index (κ2) is 7.15. The summed E-state index contributed by atoms with van der Waals surface area (Å²) in [7, 11) is 0. The Morgan fingerprint density at radius 2 is 2.16 bits per heavy atom. The summed E-state index contributed by atoms with van der Waals surface area (Å²) < 4.78 is 26.3. The highest BCUT2D eigenvalue weighted by molar-refractivity contribution is 8.00. The van der Waals surface area contributed by atoms with Crippen molar-refractivity contribution in [1.82, 2.24) is 20.2 Å². The van der Waals surface area contributed by atoms with Gasteiger partial charge >= 0.3 is 0 Å². The number of carbonyl (C=O) groups is 1. The third-order valence-electron chi connectivity index (χ3n) is 3.08. The molecule has 0 spiro atoms. The van der Waals surface area contributed by atoms with E-state index in [0.717, 1.165) is 23.9 Å². The van der Waals surface area contributed by atoms with E-state index in [1.165, 1.54) is 17.4 Å². The van der Waals surface area contributed by atoms with Crippen LogP contribution in [0.3, 0.4) is 0 Å². The molecule has 0 aliphatic rings. The summed E-state index contributed by atoms with van der Waals surface area (Å²) in [4.78, 5) is 20.3. The zero-order valence-electron chi connectivity index (χ0n) is 12.8. The predicted molar refractivity (Wildman–Crippen MR) is 92.2 cm³/mol. The fourth-order valence-electron chi connectivity index (χ4n) is 1.85. The Balaban J connectivity index is 1.66. The Morgan fingerprint density at radius 1 is 1.36 bits per heavy atom. The van der Waals surface area contributed by atoms with Crippen LogP contribution in [0.1, 0.15) is 6.92 Å². The molecular weight excluding hydrogens is 370 g/mol. The molecule has 7 nitrogen and oxygen atoms in total. The van der Waals surface area contributed by atoms with E-state index in [0.29, 0.717) is 21.5 Å². The molecule has 0 fully saturated rings. The molecule has 1 aromatic carbocycles. The molecule has 3 rings (SSSR count). The van der Waals surface area contributed by atoms with E-state index in [2.05, 4.69) is 25.5 Å². The maximum atomic E-state index is 13.3. The minimum atomic E-state index is -0.952. The van der Waals surface area contributed by atoms with Crippen molar-refractivity contribution in [1.29, 1.82) is 0 Å². The van der Waals surface area contributed by atoms with E-state index >= 15 is 0 Å². The molecule has 3 aromatic rings. The van der Waals surface area contributed by atoms with Gasteiger partial charge in [-0.15, -0.1) is 16.4 Å². The second-order valence-electron chi connectivity index (χ2n) is 4.92. The molecule has 130 valence electrons. The minimum Gasteiger partial charge on any atom is -0.368 e. The van der Waals surface area contributed by atoms with Crippen LogP contribution in [0.5, 0.6) is 0 Å². The van der Waals surface area contributed by atoms with Gasteiger partial charge in [-0.2, -0.15) is 4.98 Å². The Kier molecular flexibility index (Phi) is 4.95. The first-order valence-corrected chi connectivity index (χ1v) is 8.74. The van der Waals surface area contributed by atoms with Crippen LogP contribution in [-0.4, -0.2) is 31.3 Å². The number of anilines is 2. The fourth-order valence-corrected chi connectivity index (χ4v) is 3.30. The van der Waals surface area contributed by atoms with Gasteiger partial charge in [0.2, 0.25) is 17.0 Å². The van der Waals surface area contributed by atoms with Gasteiger partial charge in [0.15, 0.2) is 16.8 Å². The van der Waals surface area contributed by atoms with Crippen LogP contribution >= 0.6 is 23.1 Å². The number of aromatic amines is 1. The number of thioether (sulfide) groups is 1. The second-order valence-corrected chi connectivity index (χ2v) is 7.09. The van der Waals surface area contributed by atoms with Crippen molar-refractivity contribution in [2.24, 2.45) is 0 Å². The van der Waals surface area contributed by atoms with Crippen LogP contribution in [-0.2, 0) is 4.79 Å². The number of amides is 1. The van der Waals surface area contributed by atoms with Gasteiger partial charge < -0.3 is 11.1 Å². The zero-order valence-corrected chi connectivity index (χ0v) is 14.4. The summed E-state index contributed by atoms with van der Waals surface area (Å²) in [5.41, 5.74) is 6.30. The van der Waals surface area contributed by atoms with Crippen LogP contribution < -0.4 is 11.1 Å². The molecule has 1 atom stereocenters. The largest absolute Gasteiger partial charge is 0.368 e. The lowest BCUT2D eigenvalue weighted by molar-refractivity contribution is -0.115. The summed E-state index contributed by atoms with van der Waals surface area (Å²) >= 11 is 2.32. The molecule has 0 bridgehead atoms. The van der Waals surface area contributed by atoms with Crippen molar-refractivity contribution >= 4 is 40.1 Å². The molecule has 1 amide bonds. The van der Waals surface area contributed by atoms with Crippen molar-refractivity contribution in [2.75, 3.05) is 11.1 Å². The van der Waals surface area contributed by atoms with Crippen LogP contribution in [0.4, 0.5) is 19.9 Å². The normalized spacial score (nSPS) is 12.1. The smallest absolute Gasteiger partial charge is 0.239 e. The number of nitrogens with one attached hydrogen (secondary N) is 2. The van der Waals surface area contributed by atoms with Gasteiger partial charge in [-0.05, 0) is 25.1 Å². The minimum absolute atomic E-state index is 0.172. The van der Waals surface area contributed by atoms with E-state index in [9.17, 15) is 13.6 Å². The van der Waals surface area contributed by atoms with Crippen molar-refractivity contribution in [3.63, 3.8) is 0 Å². The first kappa shape index (κ1) is 17.3. The molecule has 4 N–H and O–H groups in total. The molecule has 2 heterocycles. The van der Waals surface area contributed by atoms with Gasteiger partial charge in [0.25, 0.3) is 0 Å². The first-order valence-electron chi connectivity index (χ1n) is 6.98. The van der Waals surface area contributed by atoms with Crippen LogP contribution in [0.15, 0.2) is 28.7 Å². The number of aromatic nitrogens is 4. The van der Waals surface area contributed by atoms with E-state index in [1.807, 2.05) is 0 Å². The number of nitrogens with zero attached hydrogens (tertiary/aromatic N) is 3. The van der Waals surface area contributed by atoms with Crippen LogP contribution in [0.2, 0.25) is 0 Å². The van der Waals surface area contributed by atoms with Gasteiger partial charge in [-0.1, -0.05) is 11.8 Å². The number of H-pyrrole nitrogens is 1. The quantitative estimate of drug-likeness (QED) is 0.586. The molecule has 0 unspecified atom stereocenters. The summed E-state index contributed by atoms with van der Waals surface area (Å²) in [5.74, 6) is -2.00. The van der Waals surface area contributed by atoms with Gasteiger partial charge in [0, 0.05) is 10.9 Å². The molecular formula is C14H12F2N6OS2. The number of thiazole rings is 1. The van der Waals surface area contributed by atoms with Gasteiger partial charge in [0.05, 0.1) is 10.9 Å². The lowest BCUT2D eigenvalue weighted by Gasteiger charge is -2.07. The van der Waals surface area contributed by atoms with Gasteiger partial charge in [-0.25, -0.2) is 18.9 Å². The van der Waals surface area contributed by atoms with E-state index in [-0.39, 0.29) is 11.9 Å². The Labute approximate surface area is 149 Å². The summed E-state index contributed by atoms with van der Waals surface area (Å²) in [6.45, 7) is 1.69. The third kappa shape index (κ3) is 4.12. The van der Waals surface area contributed by atoms with E-state index in [1.54, 1.807) is 12.3 Å². The van der Waals surface area contributed by atoms with Crippen molar-refractivity contribution in [3.05, 3.63) is 35.2 Å². The highest BCUT2D eigenvalue weighted by Crippen LogP contribution is 2.27. The monoisotopic (exact) mass is 382 g/mol. The van der Waals surface area contributed by atoms with Gasteiger partial charge in [-0.3, -0.25) is 4.79 Å². The van der Waals surface area contributed by atoms with Crippen molar-refractivity contribution in [3.8, 4) is 11.3 Å². The standard InChI is InChI=1S/C14H12F2N6OS2/c1-6(25-14-20-12(17)21-22-14)11(23)19-13-18-10(5-24-13)7-2-3-8(15)9(16)4-7/h2-6H,1H3,(H,18,19,23)(H3,17,20,21,22)/t6-/m0/s1. The zero-order chi connectivity index (χ0) is 18.0. The molecule has 11 heteroatoms. The van der Waals surface area contributed by atoms with E-state index < -0.39 is 16.9 Å². The SMILES string of the molecule is C[C@H](Sc1n[nH]c(N)n1)C(=O)Nc1nc(-c2ccc(F)c(F)c2)cs1. The lowest BCUT2D eigenvalue weighted by Crippen LogP contribution is -2.22. The maximum Gasteiger partial charge on any atom is 0.239 e. The fraction of sp³-hybridized carbons (Fsp3) is 0.143. The molecule has 0 radical (unpaired) electrons. The molecule has 0 aliphatic heterocycles. The van der Waals surface area contributed by atoms with E-state index in [4.69, 9.17) is 5.73 Å². The molecule has 25 heavy (non-hydrogen) atoms. The van der Waals surface area contributed by atoms with Crippen LogP contribution in [0.25, 0.3) is 11.3 Å². The van der Waals surface area contributed by atoms with Crippen molar-refractivity contribution < 1.29 is 13.6 Å². The number of rotatable bonds is 5. The number of carbonyl (C=O) groups excluding carboxylic acids is 1. The number of halogens is 2. The predicted octanol–water partition coefficient (Wildman–Crippen LogP) is 2.91. The van der Waals surface area contributed by atoms with Crippen LogP contribution in [0, 0.1) is 11.6 Å². The average Bonchev–Trinajstić information content (AvgIpc) is 3.19. The Morgan fingerprint density at radius 3 is 2.84 bits per heavy atom. The molecule has 0 saturated heterocycles. The highest BCUT2D eigenvalue weighted by Gasteiger charge is 2.18. The third-order valence-corrected chi connectivity index (χ3v) is 4.80. The molecule has 0 saturated carbocycles. The van der Waals surface area contributed by atoms with Crippen molar-refractivity contribution in [2.45, 2.75) is 17.3 Å². The summed E-state index contributed by atoms with van der Waals surface area (Å²) in [6, 6.07) is 3.51. The number of hydrogen-bond acceptors (Lipinski definition) is 7. The lowest BCUT2D eigenvalue weighted by atomic mass is 10.2. The number of nitrogen functional groups attached to an aromatic ring is 1. The van der Waals surface area contributed by atoms with Gasteiger partial charge in [0.1, 0.15) is 0 Å². The summed E-state index contributed by atoms with van der Waals surface area (Å²) in [6.07, 6.45) is 0. The number of nitrogens with two attached hydrogens (primary N) is 1. The molecule has 2 aromatic heterocycles. The number of benzene rings is 1. The maximum absolute atomic E-state index is 13.3. The average molecular weight is 382 g/mol. The highest BCUT2D eigenvalue weighted by atomic mass is 32.2. The number of hydrogen-bond donors (Lipinski definition) is 3. The Bertz CT molecular complexity index is 912. The Hall–Kier alpha value is -2.53. The summed E-state index contributed by atoms with van der Waals surface area (Å²) in [5, 5.41) is 10.9. The topological polar surface area (TPSA) is 110 Å².